The lowest BCUT2D eigenvalue weighted by molar-refractivity contribution is 0.139. The van der Waals surface area contributed by atoms with Gasteiger partial charge in [0.15, 0.2) is 0 Å². The Labute approximate surface area is 103 Å². The normalized spacial score (nSPS) is 13.1. The molecule has 0 radical (unpaired) electrons. The van der Waals surface area contributed by atoms with Crippen molar-refractivity contribution < 1.29 is 5.11 Å². The summed E-state index contributed by atoms with van der Waals surface area (Å²) < 4.78 is 0. The average molecular weight is 241 g/mol. The molecule has 1 aromatic rings. The predicted molar refractivity (Wildman–Crippen MR) is 69.9 cm³/mol. The smallest absolute Gasteiger partial charge is 0.0583 e. The molecule has 1 aromatic carbocycles. The van der Waals surface area contributed by atoms with Gasteiger partial charge in [0.25, 0.3) is 0 Å². The Hall–Kier alpha value is -0.530. The highest BCUT2D eigenvalue weighted by atomic mass is 35.5. The summed E-state index contributed by atoms with van der Waals surface area (Å²) in [6.45, 7) is 4.35. The minimum absolute atomic E-state index is 0.273. The van der Waals surface area contributed by atoms with Gasteiger partial charge in [0.1, 0.15) is 0 Å². The predicted octanol–water partition coefficient (Wildman–Crippen LogP) is 4.07. The number of hydrogen-bond donors (Lipinski definition) is 1. The molecule has 0 saturated carbocycles. The third kappa shape index (κ3) is 4.15. The van der Waals surface area contributed by atoms with Crippen molar-refractivity contribution in [3.05, 3.63) is 34.9 Å². The van der Waals surface area contributed by atoms with Crippen molar-refractivity contribution in [2.75, 3.05) is 0 Å². The van der Waals surface area contributed by atoms with Crippen molar-refractivity contribution in [1.29, 1.82) is 0 Å². The van der Waals surface area contributed by atoms with Crippen molar-refractivity contribution in [2.24, 2.45) is 5.92 Å². The van der Waals surface area contributed by atoms with Crippen LogP contribution in [0.3, 0.4) is 0 Å². The molecule has 0 aliphatic carbocycles. The van der Waals surface area contributed by atoms with E-state index in [4.69, 9.17) is 11.6 Å². The summed E-state index contributed by atoms with van der Waals surface area (Å²) in [4.78, 5) is 0. The molecule has 1 unspecified atom stereocenters. The molecule has 1 rings (SSSR count). The highest BCUT2D eigenvalue weighted by Gasteiger charge is 2.13. The molecule has 1 atom stereocenters. The van der Waals surface area contributed by atoms with Gasteiger partial charge in [-0.05, 0) is 30.4 Å². The first kappa shape index (κ1) is 13.5. The summed E-state index contributed by atoms with van der Waals surface area (Å²) in [6.07, 6.45) is 3.53. The monoisotopic (exact) mass is 240 g/mol. The van der Waals surface area contributed by atoms with E-state index in [1.165, 1.54) is 0 Å². The van der Waals surface area contributed by atoms with E-state index in [2.05, 4.69) is 13.8 Å². The standard InChI is InChI=1S/C14H21ClO/c1-3-11(4-2)9-13(16)10-12-7-5-6-8-14(12)15/h5-8,11,13,16H,3-4,9-10H2,1-2H3. The third-order valence-electron chi connectivity index (χ3n) is 3.17. The summed E-state index contributed by atoms with van der Waals surface area (Å²) in [7, 11) is 0. The van der Waals surface area contributed by atoms with Gasteiger partial charge in [0, 0.05) is 5.02 Å². The fourth-order valence-corrected chi connectivity index (χ4v) is 2.22. The van der Waals surface area contributed by atoms with E-state index < -0.39 is 0 Å². The highest BCUT2D eigenvalue weighted by molar-refractivity contribution is 6.31. The fraction of sp³-hybridized carbons (Fsp3) is 0.571. The first-order valence-electron chi connectivity index (χ1n) is 6.08. The van der Waals surface area contributed by atoms with E-state index in [0.717, 1.165) is 29.8 Å². The van der Waals surface area contributed by atoms with Crippen LogP contribution >= 0.6 is 11.6 Å². The van der Waals surface area contributed by atoms with Crippen LogP contribution in [0.4, 0.5) is 0 Å². The lowest BCUT2D eigenvalue weighted by Gasteiger charge is -2.17. The van der Waals surface area contributed by atoms with Gasteiger partial charge in [-0.3, -0.25) is 0 Å². The van der Waals surface area contributed by atoms with E-state index in [-0.39, 0.29) is 6.10 Å². The molecule has 0 saturated heterocycles. The first-order chi connectivity index (χ1) is 7.67. The quantitative estimate of drug-likeness (QED) is 0.795. The Morgan fingerprint density at radius 3 is 2.38 bits per heavy atom. The van der Waals surface area contributed by atoms with E-state index >= 15 is 0 Å². The Kier molecular flexibility index (Phi) is 5.86. The van der Waals surface area contributed by atoms with E-state index in [1.54, 1.807) is 0 Å². The fourth-order valence-electron chi connectivity index (χ4n) is 2.01. The van der Waals surface area contributed by atoms with Gasteiger partial charge in [0.2, 0.25) is 0 Å². The molecule has 0 aliphatic heterocycles. The van der Waals surface area contributed by atoms with Crippen LogP contribution in [-0.4, -0.2) is 11.2 Å². The van der Waals surface area contributed by atoms with Crippen LogP contribution < -0.4 is 0 Å². The lowest BCUT2D eigenvalue weighted by Crippen LogP contribution is -2.15. The third-order valence-corrected chi connectivity index (χ3v) is 3.54. The molecule has 90 valence electrons. The van der Waals surface area contributed by atoms with Gasteiger partial charge in [-0.25, -0.2) is 0 Å². The van der Waals surface area contributed by atoms with E-state index in [9.17, 15) is 5.11 Å². The number of hydrogen-bond acceptors (Lipinski definition) is 1. The highest BCUT2D eigenvalue weighted by Crippen LogP contribution is 2.21. The molecule has 16 heavy (non-hydrogen) atoms. The number of aliphatic hydroxyl groups is 1. The van der Waals surface area contributed by atoms with Gasteiger partial charge in [-0.1, -0.05) is 56.5 Å². The topological polar surface area (TPSA) is 20.2 Å². The van der Waals surface area contributed by atoms with Crippen LogP contribution in [0.2, 0.25) is 5.02 Å². The van der Waals surface area contributed by atoms with E-state index in [0.29, 0.717) is 12.3 Å². The molecule has 1 N–H and O–H groups in total. The molecule has 0 aliphatic rings. The zero-order valence-electron chi connectivity index (χ0n) is 10.1. The van der Waals surface area contributed by atoms with Crippen molar-refractivity contribution >= 4 is 11.6 Å². The van der Waals surface area contributed by atoms with Crippen LogP contribution in [-0.2, 0) is 6.42 Å². The van der Waals surface area contributed by atoms with Crippen LogP contribution in [0.1, 0.15) is 38.7 Å². The Bertz CT molecular complexity index is 307. The van der Waals surface area contributed by atoms with Gasteiger partial charge in [0.05, 0.1) is 6.10 Å². The summed E-state index contributed by atoms with van der Waals surface area (Å²) >= 11 is 6.06. The van der Waals surface area contributed by atoms with Crippen LogP contribution in [0, 0.1) is 5.92 Å². The van der Waals surface area contributed by atoms with Gasteiger partial charge >= 0.3 is 0 Å². The first-order valence-corrected chi connectivity index (χ1v) is 6.46. The molecule has 0 aromatic heterocycles. The van der Waals surface area contributed by atoms with Gasteiger partial charge in [-0.15, -0.1) is 0 Å². The zero-order chi connectivity index (χ0) is 12.0. The van der Waals surface area contributed by atoms with Crippen LogP contribution in [0.5, 0.6) is 0 Å². The largest absolute Gasteiger partial charge is 0.393 e. The minimum Gasteiger partial charge on any atom is -0.393 e. The summed E-state index contributed by atoms with van der Waals surface area (Å²) in [5.41, 5.74) is 1.04. The second-order valence-corrected chi connectivity index (χ2v) is 4.77. The second kappa shape index (κ2) is 6.93. The lowest BCUT2D eigenvalue weighted by atomic mass is 9.93. The van der Waals surface area contributed by atoms with Crippen molar-refractivity contribution in [3.63, 3.8) is 0 Å². The molecule has 2 heteroatoms. The maximum absolute atomic E-state index is 10.0. The average Bonchev–Trinajstić information content (AvgIpc) is 2.29. The molecule has 0 bridgehead atoms. The molecular weight excluding hydrogens is 220 g/mol. The molecular formula is C14H21ClO. The molecule has 0 amide bonds. The summed E-state index contributed by atoms with van der Waals surface area (Å²) in [5, 5.41) is 10.8. The van der Waals surface area contributed by atoms with E-state index in [1.807, 2.05) is 24.3 Å². The molecule has 0 fully saturated rings. The number of rotatable bonds is 6. The minimum atomic E-state index is -0.273. The van der Waals surface area contributed by atoms with Gasteiger partial charge in [-0.2, -0.15) is 0 Å². The Morgan fingerprint density at radius 2 is 1.81 bits per heavy atom. The zero-order valence-corrected chi connectivity index (χ0v) is 10.9. The number of halogens is 1. The maximum atomic E-state index is 10.0. The summed E-state index contributed by atoms with van der Waals surface area (Å²) in [6, 6.07) is 7.74. The van der Waals surface area contributed by atoms with Crippen molar-refractivity contribution in [2.45, 2.75) is 45.6 Å². The molecule has 0 spiro atoms. The van der Waals surface area contributed by atoms with Gasteiger partial charge < -0.3 is 5.11 Å². The van der Waals surface area contributed by atoms with Crippen LogP contribution in [0.15, 0.2) is 24.3 Å². The van der Waals surface area contributed by atoms with Crippen molar-refractivity contribution in [1.82, 2.24) is 0 Å². The number of aliphatic hydroxyl groups excluding tert-OH is 1. The Balaban J connectivity index is 2.51. The molecule has 1 nitrogen and oxygen atoms in total. The maximum Gasteiger partial charge on any atom is 0.0583 e. The van der Waals surface area contributed by atoms with Crippen LogP contribution in [0.25, 0.3) is 0 Å². The number of benzene rings is 1. The Morgan fingerprint density at radius 1 is 1.19 bits per heavy atom. The van der Waals surface area contributed by atoms with Crippen molar-refractivity contribution in [3.8, 4) is 0 Å². The SMILES string of the molecule is CCC(CC)CC(O)Cc1ccccc1Cl. The second-order valence-electron chi connectivity index (χ2n) is 4.37. The molecule has 0 heterocycles. The summed E-state index contributed by atoms with van der Waals surface area (Å²) in [5.74, 6) is 0.623.